The molecule has 0 aliphatic heterocycles. The van der Waals surface area contributed by atoms with Gasteiger partial charge >= 0.3 is 0 Å². The third kappa shape index (κ3) is 4.19. The van der Waals surface area contributed by atoms with Crippen LogP contribution in [0.3, 0.4) is 0 Å². The molecule has 116 valence electrons. The maximum Gasteiger partial charge on any atom is 0.260 e. The van der Waals surface area contributed by atoms with Gasteiger partial charge in [0.15, 0.2) is 6.10 Å². The molecule has 1 aliphatic rings. The molecule has 0 saturated carbocycles. The molecular formula is C16H23NO4. The van der Waals surface area contributed by atoms with E-state index in [0.717, 1.165) is 24.8 Å². The van der Waals surface area contributed by atoms with Crippen LogP contribution in [0.5, 0.6) is 5.75 Å². The van der Waals surface area contributed by atoms with Crippen molar-refractivity contribution < 1.29 is 19.4 Å². The maximum atomic E-state index is 11.8. The van der Waals surface area contributed by atoms with Gasteiger partial charge in [-0.15, -0.1) is 0 Å². The first-order chi connectivity index (χ1) is 10.1. The van der Waals surface area contributed by atoms with Crippen LogP contribution >= 0.6 is 0 Å². The van der Waals surface area contributed by atoms with Crippen molar-refractivity contribution >= 4 is 5.91 Å². The topological polar surface area (TPSA) is 67.8 Å². The minimum Gasteiger partial charge on any atom is -0.481 e. The van der Waals surface area contributed by atoms with Crippen LogP contribution in [0.15, 0.2) is 18.2 Å². The SMILES string of the molecule is COCCNC(=O)C(C)Oc1ccc2c(c1)C(O)CCC2. The van der Waals surface area contributed by atoms with Crippen LogP contribution in [-0.2, 0) is 16.0 Å². The molecule has 1 aliphatic carbocycles. The van der Waals surface area contributed by atoms with Gasteiger partial charge in [0, 0.05) is 13.7 Å². The third-order valence-electron chi connectivity index (χ3n) is 3.69. The molecule has 2 rings (SSSR count). The summed E-state index contributed by atoms with van der Waals surface area (Å²) in [5.41, 5.74) is 2.09. The van der Waals surface area contributed by atoms with Crippen LogP contribution in [0, 0.1) is 0 Å². The van der Waals surface area contributed by atoms with Gasteiger partial charge in [-0.3, -0.25) is 4.79 Å². The number of aryl methyl sites for hydroxylation is 1. The second-order valence-corrected chi connectivity index (χ2v) is 5.31. The number of hydrogen-bond acceptors (Lipinski definition) is 4. The van der Waals surface area contributed by atoms with E-state index in [-0.39, 0.29) is 5.91 Å². The lowest BCUT2D eigenvalue weighted by molar-refractivity contribution is -0.127. The highest BCUT2D eigenvalue weighted by atomic mass is 16.5. The first-order valence-electron chi connectivity index (χ1n) is 7.36. The molecule has 2 unspecified atom stereocenters. The minimum atomic E-state index is -0.583. The van der Waals surface area contributed by atoms with Crippen molar-refractivity contribution in [2.75, 3.05) is 20.3 Å². The van der Waals surface area contributed by atoms with E-state index in [2.05, 4.69) is 5.32 Å². The number of rotatable bonds is 6. The predicted octanol–water partition coefficient (Wildman–Crippen LogP) is 1.59. The van der Waals surface area contributed by atoms with Crippen molar-refractivity contribution in [1.29, 1.82) is 0 Å². The molecule has 5 heteroatoms. The number of benzene rings is 1. The van der Waals surface area contributed by atoms with Gasteiger partial charge in [-0.05, 0) is 49.4 Å². The fraction of sp³-hybridized carbons (Fsp3) is 0.562. The number of ether oxygens (including phenoxy) is 2. The van der Waals surface area contributed by atoms with E-state index in [4.69, 9.17) is 9.47 Å². The zero-order valence-electron chi connectivity index (χ0n) is 12.6. The Labute approximate surface area is 125 Å². The highest BCUT2D eigenvalue weighted by molar-refractivity contribution is 5.80. The summed E-state index contributed by atoms with van der Waals surface area (Å²) in [6.07, 6.45) is 1.76. The normalized spacial score (nSPS) is 18.7. The van der Waals surface area contributed by atoms with E-state index in [1.807, 2.05) is 18.2 Å². The van der Waals surface area contributed by atoms with Crippen LogP contribution in [0.4, 0.5) is 0 Å². The Balaban J connectivity index is 1.96. The minimum absolute atomic E-state index is 0.176. The van der Waals surface area contributed by atoms with Gasteiger partial charge in [0.2, 0.25) is 0 Å². The molecule has 0 spiro atoms. The van der Waals surface area contributed by atoms with E-state index < -0.39 is 12.2 Å². The van der Waals surface area contributed by atoms with Crippen LogP contribution in [0.1, 0.15) is 37.0 Å². The van der Waals surface area contributed by atoms with Crippen molar-refractivity contribution in [2.24, 2.45) is 0 Å². The average molecular weight is 293 g/mol. The van der Waals surface area contributed by atoms with E-state index in [9.17, 15) is 9.90 Å². The number of amides is 1. The highest BCUT2D eigenvalue weighted by Crippen LogP contribution is 2.32. The Kier molecular flexibility index (Phi) is 5.59. The van der Waals surface area contributed by atoms with E-state index in [0.29, 0.717) is 18.9 Å². The molecule has 0 aromatic heterocycles. The molecule has 5 nitrogen and oxygen atoms in total. The molecule has 1 aromatic carbocycles. The number of hydrogen-bond donors (Lipinski definition) is 2. The van der Waals surface area contributed by atoms with Crippen molar-refractivity contribution in [3.63, 3.8) is 0 Å². The first kappa shape index (κ1) is 15.8. The second kappa shape index (κ2) is 7.43. The summed E-state index contributed by atoms with van der Waals surface area (Å²) in [6, 6.07) is 5.68. The number of aliphatic hydroxyl groups is 1. The van der Waals surface area contributed by atoms with Crippen LogP contribution < -0.4 is 10.1 Å². The summed E-state index contributed by atoms with van der Waals surface area (Å²) in [5, 5.41) is 12.8. The standard InChI is InChI=1S/C16H23NO4/c1-11(16(19)17-8-9-20-2)21-13-7-6-12-4-3-5-15(18)14(12)10-13/h6-7,10-11,15,18H,3-5,8-9H2,1-2H3,(H,17,19). The molecule has 0 bridgehead atoms. The zero-order valence-corrected chi connectivity index (χ0v) is 12.6. The number of fused-ring (bicyclic) bond motifs is 1. The average Bonchev–Trinajstić information content (AvgIpc) is 2.48. The molecule has 0 radical (unpaired) electrons. The van der Waals surface area contributed by atoms with Crippen molar-refractivity contribution in [3.05, 3.63) is 29.3 Å². The fourth-order valence-corrected chi connectivity index (χ4v) is 2.50. The lowest BCUT2D eigenvalue weighted by Gasteiger charge is -2.23. The number of nitrogens with one attached hydrogen (secondary N) is 1. The number of carbonyl (C=O) groups is 1. The van der Waals surface area contributed by atoms with Gasteiger partial charge < -0.3 is 19.9 Å². The molecule has 2 atom stereocenters. The van der Waals surface area contributed by atoms with Crippen LogP contribution in [0.25, 0.3) is 0 Å². The monoisotopic (exact) mass is 293 g/mol. The smallest absolute Gasteiger partial charge is 0.260 e. The maximum absolute atomic E-state index is 11.8. The molecule has 0 heterocycles. The summed E-state index contributed by atoms with van der Waals surface area (Å²) in [7, 11) is 1.59. The van der Waals surface area contributed by atoms with Gasteiger partial charge in [0.1, 0.15) is 5.75 Å². The Bertz CT molecular complexity index is 489. The molecular weight excluding hydrogens is 270 g/mol. The Morgan fingerprint density at radius 3 is 3.10 bits per heavy atom. The number of carbonyl (C=O) groups excluding carboxylic acids is 1. The van der Waals surface area contributed by atoms with E-state index in [1.165, 1.54) is 5.56 Å². The summed E-state index contributed by atoms with van der Waals surface area (Å²) in [4.78, 5) is 11.8. The summed E-state index contributed by atoms with van der Waals surface area (Å²) in [6.45, 7) is 2.65. The van der Waals surface area contributed by atoms with Crippen LogP contribution in [-0.4, -0.2) is 37.4 Å². The summed E-state index contributed by atoms with van der Waals surface area (Å²) < 4.78 is 10.5. The fourth-order valence-electron chi connectivity index (χ4n) is 2.50. The third-order valence-corrected chi connectivity index (χ3v) is 3.69. The summed E-state index contributed by atoms with van der Waals surface area (Å²) >= 11 is 0. The Hall–Kier alpha value is -1.59. The largest absolute Gasteiger partial charge is 0.481 e. The van der Waals surface area contributed by atoms with E-state index >= 15 is 0 Å². The van der Waals surface area contributed by atoms with Crippen molar-refractivity contribution in [2.45, 2.75) is 38.4 Å². The van der Waals surface area contributed by atoms with Crippen LogP contribution in [0.2, 0.25) is 0 Å². The van der Waals surface area contributed by atoms with Gasteiger partial charge in [0.05, 0.1) is 12.7 Å². The van der Waals surface area contributed by atoms with Gasteiger partial charge in [0.25, 0.3) is 5.91 Å². The summed E-state index contributed by atoms with van der Waals surface area (Å²) in [5.74, 6) is 0.439. The quantitative estimate of drug-likeness (QED) is 0.782. The van der Waals surface area contributed by atoms with Gasteiger partial charge in [-0.25, -0.2) is 0 Å². The lowest BCUT2D eigenvalue weighted by atomic mass is 9.89. The van der Waals surface area contributed by atoms with Crippen molar-refractivity contribution in [1.82, 2.24) is 5.32 Å². The molecule has 1 amide bonds. The first-order valence-corrected chi connectivity index (χ1v) is 7.36. The number of methoxy groups -OCH3 is 1. The molecule has 0 fully saturated rings. The molecule has 21 heavy (non-hydrogen) atoms. The highest BCUT2D eigenvalue weighted by Gasteiger charge is 2.20. The van der Waals surface area contributed by atoms with E-state index in [1.54, 1.807) is 14.0 Å². The Morgan fingerprint density at radius 1 is 1.52 bits per heavy atom. The Morgan fingerprint density at radius 2 is 2.33 bits per heavy atom. The van der Waals surface area contributed by atoms with Gasteiger partial charge in [-0.2, -0.15) is 0 Å². The zero-order chi connectivity index (χ0) is 15.2. The molecule has 0 saturated heterocycles. The van der Waals surface area contributed by atoms with Gasteiger partial charge in [-0.1, -0.05) is 6.07 Å². The predicted molar refractivity (Wildman–Crippen MR) is 79.3 cm³/mol. The lowest BCUT2D eigenvalue weighted by Crippen LogP contribution is -2.37. The van der Waals surface area contributed by atoms with Crippen molar-refractivity contribution in [3.8, 4) is 5.75 Å². The second-order valence-electron chi connectivity index (χ2n) is 5.31. The number of aliphatic hydroxyl groups excluding tert-OH is 1. The molecule has 2 N–H and O–H groups in total. The molecule has 1 aromatic rings.